The molecule has 4 rings (SSSR count). The van der Waals surface area contributed by atoms with E-state index in [1.165, 1.54) is 31.0 Å². The smallest absolute Gasteiger partial charge is 0.128 e. The lowest BCUT2D eigenvalue weighted by atomic mass is 9.96. The molecule has 4 N–H and O–H groups in total. The van der Waals surface area contributed by atoms with Crippen molar-refractivity contribution >= 4 is 22.8 Å². The minimum absolute atomic E-state index is 0.225. The van der Waals surface area contributed by atoms with Gasteiger partial charge in [-0.3, -0.25) is 10.3 Å². The van der Waals surface area contributed by atoms with E-state index in [1.54, 1.807) is 12.1 Å². The van der Waals surface area contributed by atoms with Crippen LogP contribution in [0.1, 0.15) is 96.4 Å². The van der Waals surface area contributed by atoms with Crippen molar-refractivity contribution in [3.05, 3.63) is 101 Å². The SMILES string of the molecule is CC.CC/C=C(\NCc1ccccc1F)c1ccc(N)c(C(=N)c2ccc(N3CC(N(CCC)CCC)C3)cc2)c1.CCC. The Labute approximate surface area is 266 Å². The van der Waals surface area contributed by atoms with Crippen molar-refractivity contribution in [2.45, 2.75) is 86.7 Å². The van der Waals surface area contributed by atoms with Crippen molar-refractivity contribution in [2.24, 2.45) is 0 Å². The van der Waals surface area contributed by atoms with Gasteiger partial charge in [0.25, 0.3) is 0 Å². The molecule has 0 radical (unpaired) electrons. The zero-order valence-electron chi connectivity index (χ0n) is 28.2. The van der Waals surface area contributed by atoms with Crippen molar-refractivity contribution in [3.8, 4) is 0 Å². The van der Waals surface area contributed by atoms with Gasteiger partial charge in [-0.05, 0) is 68.2 Å². The summed E-state index contributed by atoms with van der Waals surface area (Å²) in [6, 6.07) is 21.4. The lowest BCUT2D eigenvalue weighted by Crippen LogP contribution is -2.59. The molecule has 0 aliphatic carbocycles. The van der Waals surface area contributed by atoms with Gasteiger partial charge in [-0.25, -0.2) is 4.39 Å². The van der Waals surface area contributed by atoms with Gasteiger partial charge >= 0.3 is 0 Å². The molecule has 0 atom stereocenters. The number of anilines is 2. The molecule has 1 aliphatic rings. The maximum Gasteiger partial charge on any atom is 0.128 e. The fraction of sp³-hybridized carbons (Fsp3) is 0.447. The summed E-state index contributed by atoms with van der Waals surface area (Å²) in [5, 5.41) is 12.3. The first-order chi connectivity index (χ1) is 21.4. The molecule has 1 fully saturated rings. The van der Waals surface area contributed by atoms with E-state index in [4.69, 9.17) is 11.1 Å². The lowest BCUT2D eigenvalue weighted by Gasteiger charge is -2.46. The zero-order valence-corrected chi connectivity index (χ0v) is 28.2. The summed E-state index contributed by atoms with van der Waals surface area (Å²) in [5.41, 5.74) is 12.5. The van der Waals surface area contributed by atoms with Crippen molar-refractivity contribution in [1.29, 1.82) is 5.41 Å². The molecule has 6 heteroatoms. The van der Waals surface area contributed by atoms with Gasteiger partial charge in [0, 0.05) is 59.4 Å². The van der Waals surface area contributed by atoms with Gasteiger partial charge in [0.15, 0.2) is 0 Å². The fourth-order valence-electron chi connectivity index (χ4n) is 5.21. The van der Waals surface area contributed by atoms with E-state index in [1.807, 2.05) is 50.2 Å². The normalized spacial score (nSPS) is 12.9. The number of hydrogen-bond donors (Lipinski definition) is 3. The predicted octanol–water partition coefficient (Wildman–Crippen LogP) is 9.12. The maximum atomic E-state index is 14.2. The number of nitrogens with zero attached hydrogens (tertiary/aromatic N) is 2. The third-order valence-electron chi connectivity index (χ3n) is 7.39. The summed E-state index contributed by atoms with van der Waals surface area (Å²) in [7, 11) is 0. The third kappa shape index (κ3) is 10.2. The van der Waals surface area contributed by atoms with Gasteiger partial charge in [-0.2, -0.15) is 0 Å². The van der Waals surface area contributed by atoms with Crippen LogP contribution in [0.15, 0.2) is 72.8 Å². The molecule has 1 aliphatic heterocycles. The number of allylic oxidation sites excluding steroid dienone is 1. The van der Waals surface area contributed by atoms with Crippen LogP contribution in [0.3, 0.4) is 0 Å². The molecule has 0 amide bonds. The summed E-state index contributed by atoms with van der Waals surface area (Å²) in [4.78, 5) is 5.03. The van der Waals surface area contributed by atoms with Crippen LogP contribution < -0.4 is 16.0 Å². The highest BCUT2D eigenvalue weighted by atomic mass is 19.1. The molecule has 0 unspecified atom stereocenters. The molecule has 3 aromatic rings. The highest BCUT2D eigenvalue weighted by molar-refractivity contribution is 6.14. The topological polar surface area (TPSA) is 68.4 Å². The minimum atomic E-state index is -0.225. The molecular formula is C38H56FN5. The van der Waals surface area contributed by atoms with Crippen LogP contribution in [-0.4, -0.2) is 42.8 Å². The largest absolute Gasteiger partial charge is 0.398 e. The van der Waals surface area contributed by atoms with Gasteiger partial charge < -0.3 is 16.0 Å². The van der Waals surface area contributed by atoms with Gasteiger partial charge in [0.1, 0.15) is 5.82 Å². The Morgan fingerprint density at radius 3 is 2.09 bits per heavy atom. The van der Waals surface area contributed by atoms with Crippen molar-refractivity contribution in [2.75, 3.05) is 36.8 Å². The van der Waals surface area contributed by atoms with E-state index in [0.717, 1.165) is 49.4 Å². The highest BCUT2D eigenvalue weighted by Crippen LogP contribution is 2.27. The van der Waals surface area contributed by atoms with Crippen LogP contribution in [0, 0.1) is 11.2 Å². The van der Waals surface area contributed by atoms with E-state index in [0.29, 0.717) is 35.1 Å². The van der Waals surface area contributed by atoms with Crippen molar-refractivity contribution < 1.29 is 4.39 Å². The van der Waals surface area contributed by atoms with Crippen LogP contribution in [0.25, 0.3) is 5.70 Å². The summed E-state index contributed by atoms with van der Waals surface area (Å²) in [6.45, 7) is 19.6. The average Bonchev–Trinajstić information content (AvgIpc) is 3.01. The number of nitrogens with two attached hydrogens (primary N) is 1. The molecule has 44 heavy (non-hydrogen) atoms. The van der Waals surface area contributed by atoms with Gasteiger partial charge in [0.2, 0.25) is 0 Å². The Kier molecular flexibility index (Phi) is 16.3. The Hall–Kier alpha value is -3.64. The Balaban J connectivity index is 0.00000127. The number of nitrogens with one attached hydrogen (secondary N) is 2. The number of hydrogen-bond acceptors (Lipinski definition) is 5. The fourth-order valence-corrected chi connectivity index (χ4v) is 5.21. The van der Waals surface area contributed by atoms with Crippen LogP contribution in [0.5, 0.6) is 0 Å². The predicted molar refractivity (Wildman–Crippen MR) is 190 cm³/mol. The molecule has 0 spiro atoms. The molecule has 5 nitrogen and oxygen atoms in total. The Morgan fingerprint density at radius 1 is 0.932 bits per heavy atom. The van der Waals surface area contributed by atoms with Gasteiger partial charge in [-0.1, -0.05) is 97.4 Å². The average molecular weight is 602 g/mol. The maximum absolute atomic E-state index is 14.2. The number of nitrogen functional groups attached to an aromatic ring is 1. The second kappa shape index (κ2) is 19.6. The first kappa shape index (κ1) is 36.6. The summed E-state index contributed by atoms with van der Waals surface area (Å²) in [5.74, 6) is -0.225. The highest BCUT2D eigenvalue weighted by Gasteiger charge is 2.31. The molecule has 3 aromatic carbocycles. The van der Waals surface area contributed by atoms with E-state index >= 15 is 0 Å². The van der Waals surface area contributed by atoms with Crippen LogP contribution in [0.4, 0.5) is 15.8 Å². The third-order valence-corrected chi connectivity index (χ3v) is 7.39. The molecule has 1 heterocycles. The molecule has 0 saturated carbocycles. The number of benzene rings is 3. The Bertz CT molecular complexity index is 1290. The van der Waals surface area contributed by atoms with E-state index in [2.05, 4.69) is 67.9 Å². The summed E-state index contributed by atoms with van der Waals surface area (Å²) >= 11 is 0. The number of rotatable bonds is 13. The Morgan fingerprint density at radius 2 is 1.52 bits per heavy atom. The first-order valence-electron chi connectivity index (χ1n) is 16.6. The second-order valence-electron chi connectivity index (χ2n) is 11.0. The standard InChI is InChI=1S/C33H42FN5.C3H8.C2H6/c1-4-9-32(37-21-26-10-7-8-11-30(26)34)25-14-17-31(35)29(20-25)33(36)24-12-15-27(16-13-24)39-22-28(23-39)38(18-5-2)19-6-3;1-3-2;1-2/h7-17,20,28,36-37H,4-6,18-19,21-23,35H2,1-3H3;3H2,1-2H3;1-2H3/b32-9-,36-33?;;. The van der Waals surface area contributed by atoms with Crippen molar-refractivity contribution in [3.63, 3.8) is 0 Å². The molecule has 0 bridgehead atoms. The molecule has 1 saturated heterocycles. The van der Waals surface area contributed by atoms with Gasteiger partial charge in [0.05, 0.1) is 5.71 Å². The van der Waals surface area contributed by atoms with E-state index < -0.39 is 0 Å². The molecule has 0 aromatic heterocycles. The minimum Gasteiger partial charge on any atom is -0.398 e. The van der Waals surface area contributed by atoms with Crippen molar-refractivity contribution in [1.82, 2.24) is 10.2 Å². The lowest BCUT2D eigenvalue weighted by molar-refractivity contribution is 0.166. The van der Waals surface area contributed by atoms with E-state index in [-0.39, 0.29) is 5.82 Å². The monoisotopic (exact) mass is 601 g/mol. The van der Waals surface area contributed by atoms with Gasteiger partial charge in [-0.15, -0.1) is 0 Å². The second-order valence-corrected chi connectivity index (χ2v) is 11.0. The van der Waals surface area contributed by atoms with Crippen LogP contribution in [-0.2, 0) is 6.54 Å². The molecule has 240 valence electrons. The molecular weight excluding hydrogens is 545 g/mol. The summed E-state index contributed by atoms with van der Waals surface area (Å²) < 4.78 is 14.2. The zero-order chi connectivity index (χ0) is 32.5. The van der Waals surface area contributed by atoms with E-state index in [9.17, 15) is 4.39 Å². The summed E-state index contributed by atoms with van der Waals surface area (Å²) in [6.07, 6.45) is 6.53. The quantitative estimate of drug-likeness (QED) is 0.135. The number of halogens is 1. The first-order valence-corrected chi connectivity index (χ1v) is 16.6. The van der Waals surface area contributed by atoms with Crippen LogP contribution in [0.2, 0.25) is 0 Å². The van der Waals surface area contributed by atoms with Crippen LogP contribution >= 0.6 is 0 Å².